The van der Waals surface area contributed by atoms with Gasteiger partial charge in [0.1, 0.15) is 11.6 Å². The molecular weight excluding hydrogens is 274 g/mol. The van der Waals surface area contributed by atoms with E-state index < -0.39 is 17.5 Å². The van der Waals surface area contributed by atoms with E-state index in [1.54, 1.807) is 0 Å². The lowest BCUT2D eigenvalue weighted by atomic mass is 10.1. The standard InChI is InChI=1S/C16H16F2N2O/c1-2-11-3-6-13(7-4-11)19-10-16(21)20-15-8-5-12(17)9-14(15)18/h3-9,19H,2,10H2,1H3,(H,20,21). The highest BCUT2D eigenvalue weighted by atomic mass is 19.1. The Morgan fingerprint density at radius 1 is 1.10 bits per heavy atom. The molecule has 0 aliphatic rings. The van der Waals surface area contributed by atoms with Crippen molar-refractivity contribution in [3.8, 4) is 0 Å². The van der Waals surface area contributed by atoms with Gasteiger partial charge in [-0.1, -0.05) is 19.1 Å². The van der Waals surface area contributed by atoms with E-state index in [0.717, 1.165) is 24.2 Å². The van der Waals surface area contributed by atoms with Gasteiger partial charge < -0.3 is 10.6 Å². The zero-order valence-electron chi connectivity index (χ0n) is 11.6. The molecule has 0 atom stereocenters. The smallest absolute Gasteiger partial charge is 0.243 e. The van der Waals surface area contributed by atoms with Crippen LogP contribution in [0.5, 0.6) is 0 Å². The van der Waals surface area contributed by atoms with E-state index in [0.29, 0.717) is 0 Å². The van der Waals surface area contributed by atoms with Gasteiger partial charge in [0.15, 0.2) is 0 Å². The molecule has 0 unspecified atom stereocenters. The van der Waals surface area contributed by atoms with E-state index in [2.05, 4.69) is 17.6 Å². The van der Waals surface area contributed by atoms with E-state index in [1.807, 2.05) is 24.3 Å². The van der Waals surface area contributed by atoms with Crippen LogP contribution in [0, 0.1) is 11.6 Å². The number of anilines is 2. The van der Waals surface area contributed by atoms with Crippen molar-refractivity contribution in [3.63, 3.8) is 0 Å². The highest BCUT2D eigenvalue weighted by molar-refractivity contribution is 5.93. The Morgan fingerprint density at radius 3 is 2.43 bits per heavy atom. The number of amides is 1. The van der Waals surface area contributed by atoms with Crippen molar-refractivity contribution in [2.45, 2.75) is 13.3 Å². The van der Waals surface area contributed by atoms with Crippen molar-refractivity contribution >= 4 is 17.3 Å². The fourth-order valence-electron chi connectivity index (χ4n) is 1.83. The minimum absolute atomic E-state index is 0.00227. The minimum Gasteiger partial charge on any atom is -0.376 e. The van der Waals surface area contributed by atoms with Crippen LogP contribution in [0.25, 0.3) is 0 Å². The second-order valence-corrected chi connectivity index (χ2v) is 4.58. The molecule has 21 heavy (non-hydrogen) atoms. The van der Waals surface area contributed by atoms with Crippen LogP contribution in [0.2, 0.25) is 0 Å². The molecule has 2 aromatic carbocycles. The second kappa shape index (κ2) is 6.83. The summed E-state index contributed by atoms with van der Waals surface area (Å²) in [5.41, 5.74) is 1.98. The lowest BCUT2D eigenvalue weighted by molar-refractivity contribution is -0.114. The molecule has 0 aromatic heterocycles. The number of halogens is 2. The van der Waals surface area contributed by atoms with Gasteiger partial charge in [-0.25, -0.2) is 8.78 Å². The van der Waals surface area contributed by atoms with Crippen molar-refractivity contribution < 1.29 is 13.6 Å². The third-order valence-electron chi connectivity index (χ3n) is 3.02. The number of hydrogen-bond donors (Lipinski definition) is 2. The molecule has 0 aliphatic heterocycles. The Labute approximate surface area is 122 Å². The van der Waals surface area contributed by atoms with E-state index in [9.17, 15) is 13.6 Å². The van der Waals surface area contributed by atoms with E-state index >= 15 is 0 Å². The highest BCUT2D eigenvalue weighted by Crippen LogP contribution is 2.15. The van der Waals surface area contributed by atoms with Crippen molar-refractivity contribution in [3.05, 3.63) is 59.7 Å². The number of carbonyl (C=O) groups excluding carboxylic acids is 1. The molecule has 2 aromatic rings. The number of benzene rings is 2. The molecule has 0 bridgehead atoms. The minimum atomic E-state index is -0.796. The zero-order chi connectivity index (χ0) is 15.2. The number of carbonyl (C=O) groups is 1. The molecule has 0 aliphatic carbocycles. The Balaban J connectivity index is 1.89. The normalized spacial score (nSPS) is 10.2. The predicted octanol–water partition coefficient (Wildman–Crippen LogP) is 3.58. The molecule has 0 saturated carbocycles. The van der Waals surface area contributed by atoms with Crippen LogP contribution >= 0.6 is 0 Å². The third-order valence-corrected chi connectivity index (χ3v) is 3.02. The SMILES string of the molecule is CCc1ccc(NCC(=O)Nc2ccc(F)cc2F)cc1. The predicted molar refractivity (Wildman–Crippen MR) is 79.3 cm³/mol. The van der Waals surface area contributed by atoms with Gasteiger partial charge in [0, 0.05) is 11.8 Å². The molecule has 0 radical (unpaired) electrons. The Kier molecular flexibility index (Phi) is 4.87. The molecule has 2 rings (SSSR count). The Hall–Kier alpha value is -2.43. The van der Waals surface area contributed by atoms with Gasteiger partial charge in [-0.2, -0.15) is 0 Å². The summed E-state index contributed by atoms with van der Waals surface area (Å²) < 4.78 is 26.1. The first-order valence-electron chi connectivity index (χ1n) is 6.66. The number of aryl methyl sites for hydroxylation is 1. The van der Waals surface area contributed by atoms with Crippen molar-refractivity contribution in [2.24, 2.45) is 0 Å². The van der Waals surface area contributed by atoms with Crippen LogP contribution in [0.15, 0.2) is 42.5 Å². The van der Waals surface area contributed by atoms with Gasteiger partial charge >= 0.3 is 0 Å². The molecule has 0 heterocycles. The van der Waals surface area contributed by atoms with Gasteiger partial charge in [0.25, 0.3) is 0 Å². The first kappa shape index (κ1) is 15.0. The fourth-order valence-corrected chi connectivity index (χ4v) is 1.83. The zero-order valence-corrected chi connectivity index (χ0v) is 11.6. The summed E-state index contributed by atoms with van der Waals surface area (Å²) in [4.78, 5) is 11.7. The average Bonchev–Trinajstić information content (AvgIpc) is 2.48. The van der Waals surface area contributed by atoms with Crippen LogP contribution in [0.4, 0.5) is 20.2 Å². The maximum Gasteiger partial charge on any atom is 0.243 e. The van der Waals surface area contributed by atoms with Gasteiger partial charge in [-0.15, -0.1) is 0 Å². The Morgan fingerprint density at radius 2 is 1.81 bits per heavy atom. The van der Waals surface area contributed by atoms with Crippen LogP contribution in [0.3, 0.4) is 0 Å². The summed E-state index contributed by atoms with van der Waals surface area (Å²) in [7, 11) is 0. The first-order chi connectivity index (χ1) is 10.1. The highest BCUT2D eigenvalue weighted by Gasteiger charge is 2.07. The van der Waals surface area contributed by atoms with Gasteiger partial charge in [0.05, 0.1) is 12.2 Å². The average molecular weight is 290 g/mol. The van der Waals surface area contributed by atoms with Crippen LogP contribution < -0.4 is 10.6 Å². The molecule has 0 spiro atoms. The quantitative estimate of drug-likeness (QED) is 0.883. The molecule has 3 nitrogen and oxygen atoms in total. The van der Waals surface area contributed by atoms with Gasteiger partial charge in [0.2, 0.25) is 5.91 Å². The van der Waals surface area contributed by atoms with Gasteiger partial charge in [-0.05, 0) is 36.2 Å². The van der Waals surface area contributed by atoms with E-state index in [4.69, 9.17) is 0 Å². The topological polar surface area (TPSA) is 41.1 Å². The van der Waals surface area contributed by atoms with Crippen molar-refractivity contribution in [2.75, 3.05) is 17.2 Å². The fraction of sp³-hybridized carbons (Fsp3) is 0.188. The van der Waals surface area contributed by atoms with Crippen molar-refractivity contribution in [1.29, 1.82) is 0 Å². The summed E-state index contributed by atoms with van der Waals surface area (Å²) in [5.74, 6) is -1.88. The lowest BCUT2D eigenvalue weighted by Crippen LogP contribution is -2.22. The summed E-state index contributed by atoms with van der Waals surface area (Å²) in [5, 5.41) is 5.33. The van der Waals surface area contributed by atoms with Crippen LogP contribution in [-0.2, 0) is 11.2 Å². The first-order valence-corrected chi connectivity index (χ1v) is 6.66. The van der Waals surface area contributed by atoms with Crippen LogP contribution in [0.1, 0.15) is 12.5 Å². The number of nitrogens with one attached hydrogen (secondary N) is 2. The monoisotopic (exact) mass is 290 g/mol. The van der Waals surface area contributed by atoms with Crippen LogP contribution in [-0.4, -0.2) is 12.5 Å². The van der Waals surface area contributed by atoms with Crippen molar-refractivity contribution in [1.82, 2.24) is 0 Å². The summed E-state index contributed by atoms with van der Waals surface area (Å²) in [6.45, 7) is 2.06. The second-order valence-electron chi connectivity index (χ2n) is 4.58. The third kappa shape index (κ3) is 4.27. The molecule has 2 N–H and O–H groups in total. The maximum atomic E-state index is 13.4. The lowest BCUT2D eigenvalue weighted by Gasteiger charge is -2.09. The molecule has 1 amide bonds. The number of hydrogen-bond acceptors (Lipinski definition) is 2. The molecule has 5 heteroatoms. The molecule has 0 saturated heterocycles. The molecule has 110 valence electrons. The summed E-state index contributed by atoms with van der Waals surface area (Å²) >= 11 is 0. The van der Waals surface area contributed by atoms with Gasteiger partial charge in [-0.3, -0.25) is 4.79 Å². The molecule has 0 fully saturated rings. The summed E-state index contributed by atoms with van der Waals surface area (Å²) in [6.07, 6.45) is 0.949. The Bertz CT molecular complexity index is 627. The van der Waals surface area contributed by atoms with E-state index in [-0.39, 0.29) is 12.2 Å². The largest absolute Gasteiger partial charge is 0.376 e. The van der Waals surface area contributed by atoms with E-state index in [1.165, 1.54) is 11.6 Å². The molecular formula is C16H16F2N2O. The maximum absolute atomic E-state index is 13.4. The summed E-state index contributed by atoms with van der Waals surface area (Å²) in [6, 6.07) is 10.7. The number of rotatable bonds is 5.